The van der Waals surface area contributed by atoms with Gasteiger partial charge in [0, 0.05) is 17.4 Å². The summed E-state index contributed by atoms with van der Waals surface area (Å²) in [7, 11) is 0. The summed E-state index contributed by atoms with van der Waals surface area (Å²) < 4.78 is 5.50. The van der Waals surface area contributed by atoms with Gasteiger partial charge in [-0.25, -0.2) is 0 Å². The first-order chi connectivity index (χ1) is 12.3. The highest BCUT2D eigenvalue weighted by atomic mass is 16.5. The Morgan fingerprint density at radius 3 is 2.31 bits per heavy atom. The summed E-state index contributed by atoms with van der Waals surface area (Å²) in [6.45, 7) is 5.58. The highest BCUT2D eigenvalue weighted by molar-refractivity contribution is 5.95. The van der Waals surface area contributed by atoms with Gasteiger partial charge in [-0.3, -0.25) is 9.59 Å². The van der Waals surface area contributed by atoms with Crippen molar-refractivity contribution in [1.82, 2.24) is 0 Å². The van der Waals surface area contributed by atoms with Crippen LogP contribution >= 0.6 is 0 Å². The molecular weight excluding hydrogens is 330 g/mol. The molecule has 6 heteroatoms. The van der Waals surface area contributed by atoms with Crippen LogP contribution < -0.4 is 21.1 Å². The largest absolute Gasteiger partial charge is 0.484 e. The smallest absolute Gasteiger partial charge is 0.262 e. The van der Waals surface area contributed by atoms with E-state index in [4.69, 9.17) is 10.5 Å². The monoisotopic (exact) mass is 355 g/mol. The maximum atomic E-state index is 12.2. The fourth-order valence-electron chi connectivity index (χ4n) is 2.14. The number of ether oxygens (including phenoxy) is 1. The summed E-state index contributed by atoms with van der Waals surface area (Å²) in [5.41, 5.74) is 6.89. The fourth-order valence-corrected chi connectivity index (χ4v) is 2.14. The van der Waals surface area contributed by atoms with Crippen LogP contribution in [0.15, 0.2) is 54.6 Å². The summed E-state index contributed by atoms with van der Waals surface area (Å²) in [5.74, 6) is -0.0489. The van der Waals surface area contributed by atoms with Crippen molar-refractivity contribution in [2.75, 3.05) is 17.2 Å². The first-order valence-corrected chi connectivity index (χ1v) is 8.40. The number of benzene rings is 2. The third-order valence-corrected chi connectivity index (χ3v) is 3.74. The SMILES string of the molecule is CC(C)(C)[C@H](N)C(=O)Nc1cccc(OCC(=O)Nc2ccccc2)c1. The zero-order valence-electron chi connectivity index (χ0n) is 15.3. The quantitative estimate of drug-likeness (QED) is 0.742. The zero-order chi connectivity index (χ0) is 19.2. The van der Waals surface area contributed by atoms with Crippen molar-refractivity contribution in [1.29, 1.82) is 0 Å². The number of nitrogens with two attached hydrogens (primary N) is 1. The van der Waals surface area contributed by atoms with E-state index in [1.54, 1.807) is 36.4 Å². The first-order valence-electron chi connectivity index (χ1n) is 8.40. The highest BCUT2D eigenvalue weighted by Crippen LogP contribution is 2.21. The molecule has 2 rings (SSSR count). The summed E-state index contributed by atoms with van der Waals surface area (Å²) in [4.78, 5) is 24.1. The molecule has 0 heterocycles. The van der Waals surface area contributed by atoms with Crippen LogP contribution in [0.4, 0.5) is 11.4 Å². The molecule has 2 amide bonds. The Morgan fingerprint density at radius 1 is 1.00 bits per heavy atom. The molecule has 0 bridgehead atoms. The number of rotatable bonds is 6. The number of carbonyl (C=O) groups is 2. The van der Waals surface area contributed by atoms with E-state index in [9.17, 15) is 9.59 Å². The lowest BCUT2D eigenvalue weighted by Crippen LogP contribution is -2.45. The Morgan fingerprint density at radius 2 is 1.65 bits per heavy atom. The van der Waals surface area contributed by atoms with E-state index in [1.165, 1.54) is 0 Å². The minimum atomic E-state index is -0.635. The lowest BCUT2D eigenvalue weighted by molar-refractivity contribution is -0.119. The molecule has 0 saturated heterocycles. The van der Waals surface area contributed by atoms with Crippen molar-refractivity contribution < 1.29 is 14.3 Å². The number of hydrogen-bond acceptors (Lipinski definition) is 4. The zero-order valence-corrected chi connectivity index (χ0v) is 15.3. The Labute approximate surface area is 153 Å². The molecule has 0 unspecified atom stereocenters. The molecule has 0 aliphatic rings. The molecule has 0 aromatic heterocycles. The van der Waals surface area contributed by atoms with Crippen LogP contribution in [0.25, 0.3) is 0 Å². The summed E-state index contributed by atoms with van der Waals surface area (Å²) in [6, 6.07) is 15.4. The van der Waals surface area contributed by atoms with Crippen molar-refractivity contribution in [3.8, 4) is 5.75 Å². The molecule has 0 aliphatic carbocycles. The van der Waals surface area contributed by atoms with Crippen LogP contribution in [0, 0.1) is 5.41 Å². The van der Waals surface area contributed by atoms with Gasteiger partial charge in [0.05, 0.1) is 6.04 Å². The standard InChI is InChI=1S/C20H25N3O3/c1-20(2,3)18(21)19(25)23-15-10-7-11-16(12-15)26-13-17(24)22-14-8-5-4-6-9-14/h4-12,18H,13,21H2,1-3H3,(H,22,24)(H,23,25)/t18-/m1/s1. The molecule has 6 nitrogen and oxygen atoms in total. The molecule has 26 heavy (non-hydrogen) atoms. The van der Waals surface area contributed by atoms with Gasteiger partial charge in [0.2, 0.25) is 5.91 Å². The predicted molar refractivity (Wildman–Crippen MR) is 103 cm³/mol. The third-order valence-electron chi connectivity index (χ3n) is 3.74. The number of amides is 2. The summed E-state index contributed by atoms with van der Waals surface area (Å²) in [5, 5.41) is 5.51. The Kier molecular flexibility index (Phi) is 6.36. The number of carbonyl (C=O) groups excluding carboxylic acids is 2. The second-order valence-corrected chi connectivity index (χ2v) is 7.06. The topological polar surface area (TPSA) is 93.5 Å². The van der Waals surface area contributed by atoms with Gasteiger partial charge >= 0.3 is 0 Å². The van der Waals surface area contributed by atoms with Gasteiger partial charge in [-0.15, -0.1) is 0 Å². The van der Waals surface area contributed by atoms with Gasteiger partial charge in [-0.2, -0.15) is 0 Å². The number of para-hydroxylation sites is 1. The number of anilines is 2. The molecule has 0 aliphatic heterocycles. The van der Waals surface area contributed by atoms with Crippen molar-refractivity contribution in [3.05, 3.63) is 54.6 Å². The van der Waals surface area contributed by atoms with E-state index in [-0.39, 0.29) is 23.8 Å². The van der Waals surface area contributed by atoms with Gasteiger partial charge in [-0.1, -0.05) is 45.0 Å². The fraction of sp³-hybridized carbons (Fsp3) is 0.300. The predicted octanol–water partition coefficient (Wildman–Crippen LogP) is 3.02. The van der Waals surface area contributed by atoms with Crippen LogP contribution in [0.1, 0.15) is 20.8 Å². The van der Waals surface area contributed by atoms with Gasteiger partial charge in [0.25, 0.3) is 5.91 Å². The van der Waals surface area contributed by atoms with E-state index in [2.05, 4.69) is 10.6 Å². The van der Waals surface area contributed by atoms with Crippen molar-refractivity contribution in [3.63, 3.8) is 0 Å². The van der Waals surface area contributed by atoms with Crippen molar-refractivity contribution in [2.24, 2.45) is 11.1 Å². The molecule has 2 aromatic rings. The van der Waals surface area contributed by atoms with Crippen LogP contribution in [0.2, 0.25) is 0 Å². The van der Waals surface area contributed by atoms with Crippen LogP contribution in [-0.4, -0.2) is 24.5 Å². The minimum absolute atomic E-state index is 0.131. The highest BCUT2D eigenvalue weighted by Gasteiger charge is 2.27. The molecule has 0 fully saturated rings. The lowest BCUT2D eigenvalue weighted by Gasteiger charge is -2.25. The number of hydrogen-bond donors (Lipinski definition) is 3. The normalized spacial score (nSPS) is 12.2. The van der Waals surface area contributed by atoms with E-state index in [1.807, 2.05) is 39.0 Å². The first kappa shape index (κ1) is 19.5. The second-order valence-electron chi connectivity index (χ2n) is 7.06. The molecule has 1 atom stereocenters. The average molecular weight is 355 g/mol. The Hall–Kier alpha value is -2.86. The average Bonchev–Trinajstić information content (AvgIpc) is 2.59. The Bertz CT molecular complexity index is 754. The summed E-state index contributed by atoms with van der Waals surface area (Å²) in [6.07, 6.45) is 0. The van der Waals surface area contributed by atoms with Gasteiger partial charge in [0.1, 0.15) is 5.75 Å². The Balaban J connectivity index is 1.90. The third kappa shape index (κ3) is 5.89. The number of nitrogens with one attached hydrogen (secondary N) is 2. The molecule has 0 spiro atoms. The van der Waals surface area contributed by atoms with Crippen LogP contribution in [0.3, 0.4) is 0 Å². The molecular formula is C20H25N3O3. The second kappa shape index (κ2) is 8.49. The van der Waals surface area contributed by atoms with Gasteiger partial charge in [0.15, 0.2) is 6.61 Å². The maximum Gasteiger partial charge on any atom is 0.262 e. The van der Waals surface area contributed by atoms with Gasteiger partial charge in [-0.05, 0) is 29.7 Å². The van der Waals surface area contributed by atoms with Crippen LogP contribution in [-0.2, 0) is 9.59 Å². The van der Waals surface area contributed by atoms with Gasteiger partial charge < -0.3 is 21.1 Å². The molecule has 2 aromatic carbocycles. The maximum absolute atomic E-state index is 12.2. The van der Waals surface area contributed by atoms with E-state index < -0.39 is 6.04 Å². The van der Waals surface area contributed by atoms with Crippen molar-refractivity contribution >= 4 is 23.2 Å². The molecule has 138 valence electrons. The molecule has 0 radical (unpaired) electrons. The van der Waals surface area contributed by atoms with E-state index in [0.717, 1.165) is 0 Å². The minimum Gasteiger partial charge on any atom is -0.484 e. The summed E-state index contributed by atoms with van der Waals surface area (Å²) >= 11 is 0. The molecule has 4 N–H and O–H groups in total. The molecule has 0 saturated carbocycles. The van der Waals surface area contributed by atoms with E-state index >= 15 is 0 Å². The van der Waals surface area contributed by atoms with Crippen LogP contribution in [0.5, 0.6) is 5.75 Å². The van der Waals surface area contributed by atoms with E-state index in [0.29, 0.717) is 17.1 Å². The lowest BCUT2D eigenvalue weighted by atomic mass is 9.87. The van der Waals surface area contributed by atoms with Crippen molar-refractivity contribution in [2.45, 2.75) is 26.8 Å².